The molecular weight excluding hydrogens is 417 g/mol. The van der Waals surface area contributed by atoms with E-state index < -0.39 is 35.3 Å². The smallest absolute Gasteiger partial charge is 0.354 e. The van der Waals surface area contributed by atoms with E-state index in [-0.39, 0.29) is 23.4 Å². The minimum Gasteiger partial charge on any atom is -0.507 e. The Kier molecular flexibility index (Phi) is 6.50. The van der Waals surface area contributed by atoms with E-state index in [1.807, 2.05) is 19.0 Å². The molecule has 1 aromatic heterocycles. The fourth-order valence-corrected chi connectivity index (χ4v) is 3.96. The van der Waals surface area contributed by atoms with E-state index in [9.17, 15) is 23.9 Å². The number of benzene rings is 1. The van der Waals surface area contributed by atoms with Gasteiger partial charge in [-0.15, -0.1) is 0 Å². The number of Topliss-reactive ketones (excluding diaryl/α,β-unsaturated/α-hetero) is 1. The highest BCUT2D eigenvalue weighted by Crippen LogP contribution is 2.40. The number of aliphatic hydroxyl groups excluding tert-OH is 1. The number of aryl methyl sites for hydroxylation is 1. The zero-order valence-electron chi connectivity index (χ0n) is 18.7. The summed E-state index contributed by atoms with van der Waals surface area (Å²) in [5.74, 6) is -3.06. The van der Waals surface area contributed by atoms with Crippen molar-refractivity contribution in [1.82, 2.24) is 14.8 Å². The van der Waals surface area contributed by atoms with Gasteiger partial charge in [0, 0.05) is 24.3 Å². The summed E-state index contributed by atoms with van der Waals surface area (Å²) < 4.78 is 18.3. The second-order valence-corrected chi connectivity index (χ2v) is 7.96. The summed E-state index contributed by atoms with van der Waals surface area (Å²) in [6.07, 6.45) is 0. The van der Waals surface area contributed by atoms with Gasteiger partial charge in [-0.3, -0.25) is 9.59 Å². The molecule has 1 aliphatic heterocycles. The van der Waals surface area contributed by atoms with E-state index in [4.69, 9.17) is 4.74 Å². The number of ketones is 1. The molecule has 8 nitrogen and oxygen atoms in total. The number of esters is 1. The van der Waals surface area contributed by atoms with Crippen molar-refractivity contribution in [1.29, 1.82) is 0 Å². The SMILES string of the molecule is COC(=O)c1[nH]c(C)c(/C(O)=C2/C(=O)C(=O)N(CCN(C)C)C2c2ccc(F)cc2)c1C. The van der Waals surface area contributed by atoms with Crippen LogP contribution in [0.1, 0.15) is 38.9 Å². The Labute approximate surface area is 185 Å². The van der Waals surface area contributed by atoms with Gasteiger partial charge in [-0.05, 0) is 51.2 Å². The van der Waals surface area contributed by atoms with E-state index >= 15 is 0 Å². The summed E-state index contributed by atoms with van der Waals surface area (Å²) in [7, 11) is 4.91. The molecule has 0 saturated carbocycles. The Bertz CT molecular complexity index is 1100. The first-order valence-electron chi connectivity index (χ1n) is 10.0. The lowest BCUT2D eigenvalue weighted by Gasteiger charge is -2.26. The van der Waals surface area contributed by atoms with Gasteiger partial charge in [0.1, 0.15) is 17.3 Å². The van der Waals surface area contributed by atoms with E-state index in [0.29, 0.717) is 23.4 Å². The number of ether oxygens (including phenoxy) is 1. The summed E-state index contributed by atoms with van der Waals surface area (Å²) in [5.41, 5.74) is 1.61. The minimum atomic E-state index is -0.897. The van der Waals surface area contributed by atoms with Gasteiger partial charge in [-0.1, -0.05) is 12.1 Å². The molecular formula is C23H26FN3O5. The molecule has 0 aliphatic carbocycles. The van der Waals surface area contributed by atoms with E-state index in [1.54, 1.807) is 13.8 Å². The number of H-pyrrole nitrogens is 1. The molecule has 1 atom stereocenters. The highest BCUT2D eigenvalue weighted by Gasteiger charge is 2.46. The Balaban J connectivity index is 2.21. The largest absolute Gasteiger partial charge is 0.507 e. The molecule has 32 heavy (non-hydrogen) atoms. The van der Waals surface area contributed by atoms with Gasteiger partial charge in [-0.2, -0.15) is 0 Å². The zero-order valence-corrected chi connectivity index (χ0v) is 18.7. The van der Waals surface area contributed by atoms with Crippen molar-refractivity contribution in [3.05, 3.63) is 63.7 Å². The van der Waals surface area contributed by atoms with Crippen LogP contribution < -0.4 is 0 Å². The minimum absolute atomic E-state index is 0.109. The number of nitrogens with one attached hydrogen (secondary N) is 1. The van der Waals surface area contributed by atoms with Crippen LogP contribution in [-0.4, -0.2) is 71.8 Å². The van der Waals surface area contributed by atoms with Gasteiger partial charge in [0.25, 0.3) is 11.7 Å². The number of hydrogen-bond acceptors (Lipinski definition) is 6. The van der Waals surface area contributed by atoms with E-state index in [1.165, 1.54) is 36.3 Å². The highest BCUT2D eigenvalue weighted by atomic mass is 19.1. The molecule has 0 spiro atoms. The van der Waals surface area contributed by atoms with Crippen molar-refractivity contribution >= 4 is 23.4 Å². The molecule has 0 bridgehead atoms. The van der Waals surface area contributed by atoms with E-state index in [2.05, 4.69) is 4.98 Å². The Morgan fingerprint density at radius 1 is 1.22 bits per heavy atom. The Morgan fingerprint density at radius 3 is 2.41 bits per heavy atom. The summed E-state index contributed by atoms with van der Waals surface area (Å²) in [4.78, 5) is 44.1. The van der Waals surface area contributed by atoms with Gasteiger partial charge in [-0.25, -0.2) is 9.18 Å². The number of carbonyl (C=O) groups is 3. The molecule has 2 heterocycles. The number of rotatable bonds is 6. The highest BCUT2D eigenvalue weighted by molar-refractivity contribution is 6.46. The van der Waals surface area contributed by atoms with Crippen LogP contribution in [0.25, 0.3) is 5.76 Å². The number of methoxy groups -OCH3 is 1. The summed E-state index contributed by atoms with van der Waals surface area (Å²) >= 11 is 0. The molecule has 1 unspecified atom stereocenters. The number of aromatic amines is 1. The molecule has 9 heteroatoms. The van der Waals surface area contributed by atoms with Gasteiger partial charge in [0.2, 0.25) is 0 Å². The summed E-state index contributed by atoms with van der Waals surface area (Å²) in [6.45, 7) is 3.97. The van der Waals surface area contributed by atoms with Gasteiger partial charge in [0.05, 0.1) is 18.7 Å². The molecule has 2 N–H and O–H groups in total. The number of nitrogens with zero attached hydrogens (tertiary/aromatic N) is 2. The van der Waals surface area contributed by atoms with Gasteiger partial charge in [0.15, 0.2) is 0 Å². The molecule has 2 aromatic rings. The third kappa shape index (κ3) is 4.03. The topological polar surface area (TPSA) is 103 Å². The van der Waals surface area contributed by atoms with Crippen LogP contribution >= 0.6 is 0 Å². The fraction of sp³-hybridized carbons (Fsp3) is 0.348. The maximum absolute atomic E-state index is 13.6. The molecule has 1 aliphatic rings. The first-order chi connectivity index (χ1) is 15.1. The lowest BCUT2D eigenvalue weighted by atomic mass is 9.94. The first-order valence-corrected chi connectivity index (χ1v) is 10.0. The lowest BCUT2D eigenvalue weighted by molar-refractivity contribution is -0.140. The zero-order chi connectivity index (χ0) is 23.7. The molecule has 1 amide bonds. The number of hydrogen-bond donors (Lipinski definition) is 2. The van der Waals surface area contributed by atoms with Crippen molar-refractivity contribution in [2.45, 2.75) is 19.9 Å². The van der Waals surface area contributed by atoms with Gasteiger partial charge >= 0.3 is 5.97 Å². The van der Waals surface area contributed by atoms with Crippen LogP contribution in [0.15, 0.2) is 29.8 Å². The van der Waals surface area contributed by atoms with Crippen LogP contribution in [0.3, 0.4) is 0 Å². The average Bonchev–Trinajstić information content (AvgIpc) is 3.18. The molecule has 1 saturated heterocycles. The number of aromatic nitrogens is 1. The maximum Gasteiger partial charge on any atom is 0.354 e. The molecule has 3 rings (SSSR count). The van der Waals surface area contributed by atoms with Crippen molar-refractivity contribution in [3.63, 3.8) is 0 Å². The second kappa shape index (κ2) is 8.96. The van der Waals surface area contributed by atoms with Crippen molar-refractivity contribution in [2.24, 2.45) is 0 Å². The molecule has 1 fully saturated rings. The third-order valence-corrected chi connectivity index (χ3v) is 5.58. The summed E-state index contributed by atoms with van der Waals surface area (Å²) in [6, 6.07) is 4.55. The lowest BCUT2D eigenvalue weighted by Crippen LogP contribution is -2.35. The molecule has 170 valence electrons. The Hall–Kier alpha value is -3.46. The number of aliphatic hydroxyl groups is 1. The maximum atomic E-state index is 13.6. The third-order valence-electron chi connectivity index (χ3n) is 5.58. The Morgan fingerprint density at radius 2 is 1.84 bits per heavy atom. The molecule has 0 radical (unpaired) electrons. The number of likely N-dealkylation sites (tertiary alicyclic amines) is 1. The van der Waals surface area contributed by atoms with Crippen LogP contribution in [0.2, 0.25) is 0 Å². The quantitative estimate of drug-likeness (QED) is 0.308. The summed E-state index contributed by atoms with van der Waals surface area (Å²) in [5, 5.41) is 11.2. The number of likely N-dealkylation sites (N-methyl/N-ethyl adjacent to an activating group) is 1. The predicted octanol–water partition coefficient (Wildman–Crippen LogP) is 2.54. The normalized spacial score (nSPS) is 18.0. The standard InChI is InChI=1S/C23H26FN3O5/c1-12-16(13(2)25-18(12)23(31)32-5)20(28)17-19(14-6-8-15(24)9-7-14)27(11-10-26(3)4)22(30)21(17)29/h6-9,19,25,28H,10-11H2,1-5H3/b20-17-. The van der Waals surface area contributed by atoms with Crippen LogP contribution in [0.5, 0.6) is 0 Å². The van der Waals surface area contributed by atoms with Crippen molar-refractivity contribution in [2.75, 3.05) is 34.3 Å². The van der Waals surface area contributed by atoms with Crippen LogP contribution in [-0.2, 0) is 14.3 Å². The second-order valence-electron chi connectivity index (χ2n) is 7.96. The molecule has 1 aromatic carbocycles. The first kappa shape index (κ1) is 23.2. The van der Waals surface area contributed by atoms with Crippen molar-refractivity contribution in [3.8, 4) is 0 Å². The average molecular weight is 443 g/mol. The predicted molar refractivity (Wildman–Crippen MR) is 116 cm³/mol. The van der Waals surface area contributed by atoms with Gasteiger partial charge < -0.3 is 24.6 Å². The fourth-order valence-electron chi connectivity index (χ4n) is 3.96. The number of amides is 1. The van der Waals surface area contributed by atoms with Crippen molar-refractivity contribution < 1.29 is 28.6 Å². The van der Waals surface area contributed by atoms with Crippen LogP contribution in [0, 0.1) is 19.7 Å². The monoisotopic (exact) mass is 443 g/mol. The number of carbonyl (C=O) groups excluding carboxylic acids is 3. The van der Waals surface area contributed by atoms with Crippen LogP contribution in [0.4, 0.5) is 4.39 Å². The van der Waals surface area contributed by atoms with E-state index in [0.717, 1.165) is 0 Å². The number of halogens is 1.